The van der Waals surface area contributed by atoms with Crippen LogP contribution in [0.4, 0.5) is 0 Å². The van der Waals surface area contributed by atoms with E-state index < -0.39 is 0 Å². The van der Waals surface area contributed by atoms with Gasteiger partial charge in [-0.25, -0.2) is 0 Å². The Morgan fingerprint density at radius 1 is 1.05 bits per heavy atom. The van der Waals surface area contributed by atoms with Gasteiger partial charge in [-0.2, -0.15) is 0 Å². The van der Waals surface area contributed by atoms with Gasteiger partial charge in [0.2, 0.25) is 0 Å². The van der Waals surface area contributed by atoms with Crippen LogP contribution in [-0.4, -0.2) is 41.6 Å². The van der Waals surface area contributed by atoms with Crippen molar-refractivity contribution in [2.75, 3.05) is 7.11 Å². The molecule has 4 aliphatic carbocycles. The second-order valence-corrected chi connectivity index (χ2v) is 13.4. The second kappa shape index (κ2) is 10.6. The van der Waals surface area contributed by atoms with Crippen LogP contribution in [0.25, 0.3) is 0 Å². The van der Waals surface area contributed by atoms with E-state index in [-0.39, 0.29) is 41.0 Å². The number of fused-ring (bicyclic) bond motifs is 5. The number of hydrogen-bond donors (Lipinski definition) is 2. The Morgan fingerprint density at radius 2 is 1.81 bits per heavy atom. The number of rotatable bonds is 7. The van der Waals surface area contributed by atoms with Gasteiger partial charge >= 0.3 is 5.97 Å². The summed E-state index contributed by atoms with van der Waals surface area (Å²) in [5.74, 6) is 2.21. The molecule has 4 aliphatic rings. The molecule has 37 heavy (non-hydrogen) atoms. The van der Waals surface area contributed by atoms with Crippen molar-refractivity contribution >= 4 is 5.97 Å². The molecule has 0 saturated heterocycles. The van der Waals surface area contributed by atoms with Crippen molar-refractivity contribution < 1.29 is 24.5 Å². The molecule has 5 heteroatoms. The quantitative estimate of drug-likeness (QED) is 0.454. The highest BCUT2D eigenvalue weighted by Gasteiger charge is 2.66. The van der Waals surface area contributed by atoms with Crippen molar-refractivity contribution in [3.05, 3.63) is 35.9 Å². The van der Waals surface area contributed by atoms with Crippen LogP contribution in [0.15, 0.2) is 30.3 Å². The molecule has 11 atom stereocenters. The molecular weight excluding hydrogens is 464 g/mol. The van der Waals surface area contributed by atoms with E-state index in [1.54, 1.807) is 0 Å². The molecule has 1 aromatic rings. The molecule has 0 amide bonds. The summed E-state index contributed by atoms with van der Waals surface area (Å²) in [5.41, 5.74) is 1.31. The largest absolute Gasteiger partial charge is 0.469 e. The summed E-state index contributed by atoms with van der Waals surface area (Å²) in [5, 5.41) is 22.1. The maximum atomic E-state index is 11.9. The summed E-state index contributed by atoms with van der Waals surface area (Å²) in [7, 11) is 1.47. The number of carbonyl (C=O) groups excluding carboxylic acids is 1. The van der Waals surface area contributed by atoms with E-state index in [1.807, 2.05) is 6.07 Å². The molecule has 206 valence electrons. The van der Waals surface area contributed by atoms with Crippen LogP contribution in [0.5, 0.6) is 0 Å². The lowest BCUT2D eigenvalue weighted by atomic mass is 9.43. The van der Waals surface area contributed by atoms with Crippen LogP contribution in [0.2, 0.25) is 0 Å². The number of esters is 1. The zero-order valence-corrected chi connectivity index (χ0v) is 23.3. The van der Waals surface area contributed by atoms with Crippen LogP contribution in [0.3, 0.4) is 0 Å². The minimum absolute atomic E-state index is 0.0379. The second-order valence-electron chi connectivity index (χ2n) is 13.4. The Morgan fingerprint density at radius 3 is 2.54 bits per heavy atom. The predicted octanol–water partition coefficient (Wildman–Crippen LogP) is 5.76. The molecule has 0 aromatic heterocycles. The minimum atomic E-state index is -0.308. The third-order valence-electron chi connectivity index (χ3n) is 11.8. The van der Waals surface area contributed by atoms with E-state index in [4.69, 9.17) is 9.47 Å². The van der Waals surface area contributed by atoms with Gasteiger partial charge in [-0.05, 0) is 97.9 Å². The molecule has 4 saturated carbocycles. The number of carbonyl (C=O) groups is 1. The third-order valence-corrected chi connectivity index (χ3v) is 11.8. The molecule has 0 aliphatic heterocycles. The van der Waals surface area contributed by atoms with Gasteiger partial charge in [-0.3, -0.25) is 4.79 Å². The Balaban J connectivity index is 1.46. The molecule has 4 fully saturated rings. The smallest absolute Gasteiger partial charge is 0.305 e. The molecule has 0 heterocycles. The average Bonchev–Trinajstić information content (AvgIpc) is 3.25. The number of benzene rings is 1. The molecular formula is C32H48O5. The summed E-state index contributed by atoms with van der Waals surface area (Å²) in [6, 6.07) is 10.5. The summed E-state index contributed by atoms with van der Waals surface area (Å²) in [6.45, 7) is 7.81. The van der Waals surface area contributed by atoms with Crippen LogP contribution < -0.4 is 0 Å². The monoisotopic (exact) mass is 512 g/mol. The number of aliphatic hydroxyl groups is 2. The maximum Gasteiger partial charge on any atom is 0.305 e. The Labute approximate surface area is 223 Å². The minimum Gasteiger partial charge on any atom is -0.469 e. The average molecular weight is 513 g/mol. The van der Waals surface area contributed by atoms with Gasteiger partial charge in [-0.15, -0.1) is 0 Å². The molecule has 0 spiro atoms. The van der Waals surface area contributed by atoms with E-state index in [0.717, 1.165) is 51.4 Å². The number of aliphatic hydroxyl groups excluding tert-OH is 2. The van der Waals surface area contributed by atoms with Crippen LogP contribution in [0.1, 0.15) is 84.1 Å². The van der Waals surface area contributed by atoms with Crippen LogP contribution in [-0.2, 0) is 20.9 Å². The van der Waals surface area contributed by atoms with Gasteiger partial charge in [0.1, 0.15) is 0 Å². The first-order valence-electron chi connectivity index (χ1n) is 14.8. The van der Waals surface area contributed by atoms with Gasteiger partial charge in [-0.1, -0.05) is 51.1 Å². The summed E-state index contributed by atoms with van der Waals surface area (Å²) in [4.78, 5) is 11.9. The Kier molecular flexibility index (Phi) is 7.79. The lowest BCUT2D eigenvalue weighted by molar-refractivity contribution is -0.220. The molecule has 5 nitrogen and oxygen atoms in total. The fraction of sp³-hybridized carbons (Fsp3) is 0.781. The van der Waals surface area contributed by atoms with Gasteiger partial charge < -0.3 is 19.7 Å². The fourth-order valence-corrected chi connectivity index (χ4v) is 9.77. The third kappa shape index (κ3) is 4.78. The van der Waals surface area contributed by atoms with E-state index in [1.165, 1.54) is 12.7 Å². The standard InChI is InChI=1S/C32H48O5/c1-20(10-13-29(35)36-4)24-11-12-25-30-26(31(2)15-14-23(33)16-22(31)17-27(30)34)18-28(32(24,25)3)37-19-21-8-6-5-7-9-21/h5-9,20,22-28,30,33-34H,10-19H2,1-4H3/t20-,22+,23-,24-,25+,26+,27-,28+,30+,31+,32-/m1/s1. The Bertz CT molecular complexity index is 934. The number of methoxy groups -OCH3 is 1. The maximum absolute atomic E-state index is 11.9. The SMILES string of the molecule is COC(=O)CC[C@@H](C)[C@H]1CC[C@H]2[C@@H]3[C@H](O)C[C@@H]4C[C@H](O)CC[C@]4(C)[C@H]3C[C@H](OCc3ccccc3)[C@]12C. The summed E-state index contributed by atoms with van der Waals surface area (Å²) in [6.07, 6.45) is 7.65. The van der Waals surface area contributed by atoms with E-state index >= 15 is 0 Å². The van der Waals surface area contributed by atoms with Crippen LogP contribution >= 0.6 is 0 Å². The first kappa shape index (κ1) is 27.1. The Hall–Kier alpha value is -1.43. The van der Waals surface area contributed by atoms with Gasteiger partial charge in [0.15, 0.2) is 0 Å². The fourth-order valence-electron chi connectivity index (χ4n) is 9.77. The summed E-state index contributed by atoms with van der Waals surface area (Å²) < 4.78 is 11.9. The first-order valence-corrected chi connectivity index (χ1v) is 14.8. The highest BCUT2D eigenvalue weighted by atomic mass is 16.5. The summed E-state index contributed by atoms with van der Waals surface area (Å²) >= 11 is 0. The van der Waals surface area contributed by atoms with Crippen LogP contribution in [0, 0.1) is 46.3 Å². The van der Waals surface area contributed by atoms with Crippen molar-refractivity contribution in [3.63, 3.8) is 0 Å². The highest BCUT2D eigenvalue weighted by molar-refractivity contribution is 5.69. The predicted molar refractivity (Wildman–Crippen MR) is 143 cm³/mol. The highest BCUT2D eigenvalue weighted by Crippen LogP contribution is 2.69. The first-order chi connectivity index (χ1) is 17.7. The number of hydrogen-bond acceptors (Lipinski definition) is 5. The van der Waals surface area contributed by atoms with E-state index in [2.05, 4.69) is 45.0 Å². The lowest BCUT2D eigenvalue weighted by Crippen LogP contribution is -2.62. The normalized spacial score (nSPS) is 43.8. The lowest BCUT2D eigenvalue weighted by Gasteiger charge is -2.64. The molecule has 0 unspecified atom stereocenters. The number of ether oxygens (including phenoxy) is 2. The van der Waals surface area contributed by atoms with E-state index in [9.17, 15) is 15.0 Å². The van der Waals surface area contributed by atoms with Gasteiger partial charge in [0.25, 0.3) is 0 Å². The van der Waals surface area contributed by atoms with Crippen molar-refractivity contribution in [1.29, 1.82) is 0 Å². The van der Waals surface area contributed by atoms with Gasteiger partial charge in [0.05, 0.1) is 32.0 Å². The topological polar surface area (TPSA) is 76.0 Å². The van der Waals surface area contributed by atoms with Crippen molar-refractivity contribution in [2.24, 2.45) is 46.3 Å². The van der Waals surface area contributed by atoms with Crippen molar-refractivity contribution in [3.8, 4) is 0 Å². The van der Waals surface area contributed by atoms with Gasteiger partial charge in [0, 0.05) is 11.8 Å². The zero-order chi connectivity index (χ0) is 26.4. The molecule has 0 radical (unpaired) electrons. The van der Waals surface area contributed by atoms with Crippen molar-refractivity contribution in [2.45, 2.75) is 103 Å². The zero-order valence-electron chi connectivity index (χ0n) is 23.3. The molecule has 2 N–H and O–H groups in total. The molecule has 1 aromatic carbocycles. The van der Waals surface area contributed by atoms with Crippen molar-refractivity contribution in [1.82, 2.24) is 0 Å². The molecule has 5 rings (SSSR count). The van der Waals surface area contributed by atoms with E-state index in [0.29, 0.717) is 42.6 Å². The molecule has 0 bridgehead atoms.